The predicted octanol–water partition coefficient (Wildman–Crippen LogP) is 3.98. The number of hydrogen-bond acceptors (Lipinski definition) is 5. The van der Waals surface area contributed by atoms with E-state index in [-0.39, 0.29) is 4.90 Å². The van der Waals surface area contributed by atoms with E-state index in [0.717, 1.165) is 43.6 Å². The zero-order chi connectivity index (χ0) is 20.9. The summed E-state index contributed by atoms with van der Waals surface area (Å²) >= 11 is 0. The Morgan fingerprint density at radius 3 is 2.69 bits per heavy atom. The smallest absolute Gasteiger partial charge is 0.261 e. The lowest BCUT2D eigenvalue weighted by Crippen LogP contribution is -2.32. The van der Waals surface area contributed by atoms with Crippen molar-refractivity contribution in [3.05, 3.63) is 47.5 Å². The maximum Gasteiger partial charge on any atom is 0.261 e. The maximum absolute atomic E-state index is 12.9. The molecule has 0 radical (unpaired) electrons. The maximum atomic E-state index is 12.9. The summed E-state index contributed by atoms with van der Waals surface area (Å²) < 4.78 is 39.4. The van der Waals surface area contributed by atoms with Crippen LogP contribution in [0.3, 0.4) is 0 Å². The van der Waals surface area contributed by atoms with Crippen LogP contribution in [0, 0.1) is 6.92 Å². The molecule has 0 saturated heterocycles. The van der Waals surface area contributed by atoms with Gasteiger partial charge in [-0.1, -0.05) is 13.0 Å². The molecule has 0 amide bonds. The van der Waals surface area contributed by atoms with Crippen molar-refractivity contribution < 1.29 is 17.9 Å². The molecule has 0 aliphatic carbocycles. The number of sulfonamides is 1. The highest BCUT2D eigenvalue weighted by Crippen LogP contribution is 2.31. The lowest BCUT2D eigenvalue weighted by molar-refractivity contribution is 0.205. The zero-order valence-electron chi connectivity index (χ0n) is 17.4. The molecule has 0 unspecified atom stereocenters. The van der Waals surface area contributed by atoms with Crippen molar-refractivity contribution in [2.24, 2.45) is 0 Å². The van der Waals surface area contributed by atoms with E-state index in [1.165, 1.54) is 5.56 Å². The topological polar surface area (TPSA) is 67.9 Å². The quantitative estimate of drug-likeness (QED) is 0.667. The van der Waals surface area contributed by atoms with Gasteiger partial charge in [0, 0.05) is 25.9 Å². The minimum atomic E-state index is -3.68. The molecule has 1 N–H and O–H groups in total. The summed E-state index contributed by atoms with van der Waals surface area (Å²) in [6.07, 6.45) is 3.00. The molecule has 0 saturated carbocycles. The summed E-state index contributed by atoms with van der Waals surface area (Å²) in [5, 5.41) is 0. The Kier molecular flexibility index (Phi) is 7.03. The van der Waals surface area contributed by atoms with Crippen LogP contribution in [0.4, 0.5) is 11.4 Å². The van der Waals surface area contributed by atoms with Crippen molar-refractivity contribution in [1.29, 1.82) is 0 Å². The van der Waals surface area contributed by atoms with Gasteiger partial charge in [0.05, 0.1) is 23.8 Å². The third kappa shape index (κ3) is 5.22. The van der Waals surface area contributed by atoms with E-state index < -0.39 is 10.0 Å². The number of hydrogen-bond donors (Lipinski definition) is 1. The Morgan fingerprint density at radius 1 is 1.14 bits per heavy atom. The number of methoxy groups -OCH3 is 1. The Morgan fingerprint density at radius 2 is 1.97 bits per heavy atom. The van der Waals surface area contributed by atoms with Crippen molar-refractivity contribution in [1.82, 2.24) is 0 Å². The molecule has 2 aromatic carbocycles. The minimum absolute atomic E-state index is 0.229. The molecule has 6 nitrogen and oxygen atoms in total. The van der Waals surface area contributed by atoms with Crippen molar-refractivity contribution in [3.8, 4) is 5.75 Å². The predicted molar refractivity (Wildman–Crippen MR) is 117 cm³/mol. The summed E-state index contributed by atoms with van der Waals surface area (Å²) in [5.74, 6) is 0.716. The molecule has 158 valence electrons. The highest BCUT2D eigenvalue weighted by atomic mass is 32.2. The highest BCUT2D eigenvalue weighted by molar-refractivity contribution is 7.92. The second-order valence-electron chi connectivity index (χ2n) is 7.31. The summed E-state index contributed by atoms with van der Waals surface area (Å²) in [7, 11) is -1.99. The van der Waals surface area contributed by atoms with Crippen molar-refractivity contribution in [2.75, 3.05) is 43.0 Å². The minimum Gasteiger partial charge on any atom is -0.493 e. The number of nitrogens with one attached hydrogen (secondary N) is 1. The first-order valence-corrected chi connectivity index (χ1v) is 11.6. The molecular formula is C22H30N2O4S. The van der Waals surface area contributed by atoms with Gasteiger partial charge in [-0.15, -0.1) is 0 Å². The lowest BCUT2D eigenvalue weighted by Gasteiger charge is -2.31. The number of anilines is 2. The SMILES string of the molecule is CCCOc1ccc(S(=O)(=O)Nc2ccc3c(c2)N(CCOC)CCC3)cc1C. The molecule has 29 heavy (non-hydrogen) atoms. The Labute approximate surface area is 173 Å². The molecule has 0 aromatic heterocycles. The molecule has 2 aromatic rings. The molecule has 1 aliphatic rings. The summed E-state index contributed by atoms with van der Waals surface area (Å²) in [4.78, 5) is 2.48. The number of aryl methyl sites for hydroxylation is 2. The fraction of sp³-hybridized carbons (Fsp3) is 0.455. The summed E-state index contributed by atoms with van der Waals surface area (Å²) in [5.41, 5.74) is 3.69. The van der Waals surface area contributed by atoms with Crippen LogP contribution < -0.4 is 14.4 Å². The molecule has 0 bridgehead atoms. The molecule has 0 fully saturated rings. The third-order valence-electron chi connectivity index (χ3n) is 5.04. The van der Waals surface area contributed by atoms with E-state index in [2.05, 4.69) is 9.62 Å². The van der Waals surface area contributed by atoms with Crippen LogP contribution in [-0.2, 0) is 21.2 Å². The van der Waals surface area contributed by atoms with Crippen LogP contribution in [-0.4, -0.2) is 41.8 Å². The monoisotopic (exact) mass is 418 g/mol. The van der Waals surface area contributed by atoms with E-state index >= 15 is 0 Å². The first kappa shape index (κ1) is 21.5. The van der Waals surface area contributed by atoms with Gasteiger partial charge in [0.1, 0.15) is 5.75 Å². The Bertz CT molecular complexity index is 944. The van der Waals surface area contributed by atoms with Crippen molar-refractivity contribution in [2.45, 2.75) is 38.0 Å². The van der Waals surface area contributed by atoms with Gasteiger partial charge < -0.3 is 14.4 Å². The average molecular weight is 419 g/mol. The van der Waals surface area contributed by atoms with E-state index in [1.54, 1.807) is 25.3 Å². The second kappa shape index (κ2) is 9.50. The van der Waals surface area contributed by atoms with Gasteiger partial charge in [-0.25, -0.2) is 8.42 Å². The number of rotatable bonds is 9. The van der Waals surface area contributed by atoms with Gasteiger partial charge in [0.15, 0.2) is 0 Å². The van der Waals surface area contributed by atoms with Gasteiger partial charge in [-0.2, -0.15) is 0 Å². The molecule has 0 atom stereocenters. The van der Waals surface area contributed by atoms with E-state index in [9.17, 15) is 8.42 Å². The zero-order valence-corrected chi connectivity index (χ0v) is 18.2. The number of fused-ring (bicyclic) bond motifs is 1. The number of nitrogens with zero attached hydrogens (tertiary/aromatic N) is 1. The normalized spacial score (nSPS) is 13.8. The molecule has 3 rings (SSSR count). The van der Waals surface area contributed by atoms with Gasteiger partial charge in [-0.3, -0.25) is 4.72 Å². The molecule has 1 aliphatic heterocycles. The molecular weight excluding hydrogens is 388 g/mol. The van der Waals surface area contributed by atoms with Crippen LogP contribution in [0.5, 0.6) is 5.75 Å². The Balaban J connectivity index is 1.81. The van der Waals surface area contributed by atoms with Crippen LogP contribution in [0.15, 0.2) is 41.3 Å². The standard InChI is InChI=1S/C22H30N2O4S/c1-4-13-28-22-10-9-20(15-17(22)2)29(25,26)23-19-8-7-18-6-5-11-24(12-14-27-3)21(18)16-19/h7-10,15-16,23H,4-6,11-14H2,1-3H3. The van der Waals surface area contributed by atoms with Gasteiger partial charge in [-0.05, 0) is 67.6 Å². The molecule has 0 spiro atoms. The van der Waals surface area contributed by atoms with Crippen LogP contribution in [0.25, 0.3) is 0 Å². The van der Waals surface area contributed by atoms with Crippen molar-refractivity contribution in [3.63, 3.8) is 0 Å². The number of benzene rings is 2. The molecule has 1 heterocycles. The number of ether oxygens (including phenoxy) is 2. The van der Waals surface area contributed by atoms with Gasteiger partial charge in [0.2, 0.25) is 0 Å². The van der Waals surface area contributed by atoms with Crippen molar-refractivity contribution >= 4 is 21.4 Å². The van der Waals surface area contributed by atoms with Crippen LogP contribution >= 0.6 is 0 Å². The first-order valence-electron chi connectivity index (χ1n) is 10.1. The van der Waals surface area contributed by atoms with E-state index in [4.69, 9.17) is 9.47 Å². The van der Waals surface area contributed by atoms with Gasteiger partial charge in [0.25, 0.3) is 10.0 Å². The van der Waals surface area contributed by atoms with Crippen LogP contribution in [0.1, 0.15) is 30.9 Å². The fourth-order valence-electron chi connectivity index (χ4n) is 3.52. The van der Waals surface area contributed by atoms with Crippen LogP contribution in [0.2, 0.25) is 0 Å². The molecule has 7 heteroatoms. The second-order valence-corrected chi connectivity index (χ2v) is 8.99. The fourth-order valence-corrected chi connectivity index (χ4v) is 4.66. The average Bonchev–Trinajstić information content (AvgIpc) is 2.71. The highest BCUT2D eigenvalue weighted by Gasteiger charge is 2.20. The Hall–Kier alpha value is -2.25. The lowest BCUT2D eigenvalue weighted by atomic mass is 10.0. The van der Waals surface area contributed by atoms with Gasteiger partial charge >= 0.3 is 0 Å². The summed E-state index contributed by atoms with van der Waals surface area (Å²) in [6.45, 7) is 6.88. The summed E-state index contributed by atoms with van der Waals surface area (Å²) in [6, 6.07) is 10.7. The third-order valence-corrected chi connectivity index (χ3v) is 6.42. The largest absolute Gasteiger partial charge is 0.493 e. The van der Waals surface area contributed by atoms with E-state index in [1.807, 2.05) is 32.0 Å². The van der Waals surface area contributed by atoms with E-state index in [0.29, 0.717) is 24.7 Å². The first-order chi connectivity index (χ1) is 13.9.